The van der Waals surface area contributed by atoms with E-state index in [0.717, 1.165) is 15.6 Å². The van der Waals surface area contributed by atoms with Crippen LogP contribution in [0.3, 0.4) is 0 Å². The number of H-pyrrole nitrogens is 1. The standard InChI is InChI=1S/C10H11BrN4O/c1-2-6(9(12)16)8-7-3-5(11)4-13-10(7)15-14-8/h3-4,6H,2H2,1H3,(H2,12,16)(H,13,14,15). The van der Waals surface area contributed by atoms with E-state index in [1.165, 1.54) is 0 Å². The molecule has 5 nitrogen and oxygen atoms in total. The van der Waals surface area contributed by atoms with Crippen LogP contribution in [0.4, 0.5) is 0 Å². The van der Waals surface area contributed by atoms with Crippen LogP contribution >= 0.6 is 15.9 Å². The second kappa shape index (κ2) is 4.21. The first-order chi connectivity index (χ1) is 7.63. The van der Waals surface area contributed by atoms with Gasteiger partial charge in [0.25, 0.3) is 0 Å². The molecule has 3 N–H and O–H groups in total. The molecule has 0 saturated heterocycles. The number of nitrogens with zero attached hydrogens (tertiary/aromatic N) is 2. The Balaban J connectivity index is 2.59. The number of carbonyl (C=O) groups is 1. The molecule has 0 saturated carbocycles. The number of nitrogens with one attached hydrogen (secondary N) is 1. The molecule has 16 heavy (non-hydrogen) atoms. The Morgan fingerprint density at radius 1 is 1.69 bits per heavy atom. The summed E-state index contributed by atoms with van der Waals surface area (Å²) >= 11 is 3.34. The number of primary amides is 1. The summed E-state index contributed by atoms with van der Waals surface area (Å²) in [5.41, 5.74) is 6.68. The van der Waals surface area contributed by atoms with E-state index in [-0.39, 0.29) is 11.8 Å². The predicted molar refractivity (Wildman–Crippen MR) is 63.8 cm³/mol. The maximum absolute atomic E-state index is 11.3. The number of amides is 1. The van der Waals surface area contributed by atoms with Crippen molar-refractivity contribution in [2.45, 2.75) is 19.3 Å². The van der Waals surface area contributed by atoms with Gasteiger partial charge in [0.2, 0.25) is 5.91 Å². The van der Waals surface area contributed by atoms with Crippen LogP contribution in [0.5, 0.6) is 0 Å². The van der Waals surface area contributed by atoms with Crippen LogP contribution < -0.4 is 5.73 Å². The van der Waals surface area contributed by atoms with Gasteiger partial charge in [0, 0.05) is 16.1 Å². The topological polar surface area (TPSA) is 84.7 Å². The molecule has 0 aliphatic rings. The van der Waals surface area contributed by atoms with Gasteiger partial charge in [0.15, 0.2) is 5.65 Å². The largest absolute Gasteiger partial charge is 0.369 e. The zero-order chi connectivity index (χ0) is 11.7. The summed E-state index contributed by atoms with van der Waals surface area (Å²) in [6.07, 6.45) is 2.30. The lowest BCUT2D eigenvalue weighted by atomic mass is 9.99. The predicted octanol–water partition coefficient (Wildman–Crippen LogP) is 1.70. The quantitative estimate of drug-likeness (QED) is 0.899. The van der Waals surface area contributed by atoms with Crippen molar-refractivity contribution in [1.29, 1.82) is 0 Å². The number of aromatic amines is 1. The summed E-state index contributed by atoms with van der Waals surface area (Å²) in [4.78, 5) is 15.4. The number of nitrogens with two attached hydrogens (primary N) is 1. The lowest BCUT2D eigenvalue weighted by molar-refractivity contribution is -0.119. The highest BCUT2D eigenvalue weighted by Gasteiger charge is 2.20. The van der Waals surface area contributed by atoms with Gasteiger partial charge in [-0.1, -0.05) is 6.92 Å². The van der Waals surface area contributed by atoms with Crippen LogP contribution in [0, 0.1) is 0 Å². The van der Waals surface area contributed by atoms with Crippen molar-refractivity contribution >= 4 is 32.9 Å². The van der Waals surface area contributed by atoms with Crippen molar-refractivity contribution in [3.05, 3.63) is 22.4 Å². The molecule has 84 valence electrons. The molecule has 0 fully saturated rings. The van der Waals surface area contributed by atoms with Gasteiger partial charge >= 0.3 is 0 Å². The molecule has 6 heteroatoms. The number of hydrogen-bond donors (Lipinski definition) is 2. The number of fused-ring (bicyclic) bond motifs is 1. The molecule has 1 unspecified atom stereocenters. The van der Waals surface area contributed by atoms with E-state index in [4.69, 9.17) is 5.73 Å². The van der Waals surface area contributed by atoms with Crippen molar-refractivity contribution in [2.24, 2.45) is 5.73 Å². The number of hydrogen-bond acceptors (Lipinski definition) is 3. The lowest BCUT2D eigenvalue weighted by Gasteiger charge is -2.08. The van der Waals surface area contributed by atoms with Crippen LogP contribution in [-0.2, 0) is 4.79 Å². The third kappa shape index (κ3) is 1.80. The molecule has 2 rings (SSSR count). The molecular weight excluding hydrogens is 272 g/mol. The summed E-state index contributed by atoms with van der Waals surface area (Å²) in [5.74, 6) is -0.700. The summed E-state index contributed by atoms with van der Waals surface area (Å²) in [6, 6.07) is 1.88. The highest BCUT2D eigenvalue weighted by Crippen LogP contribution is 2.26. The summed E-state index contributed by atoms with van der Waals surface area (Å²) < 4.78 is 0.849. The minimum absolute atomic E-state index is 0.346. The summed E-state index contributed by atoms with van der Waals surface area (Å²) in [6.45, 7) is 1.91. The zero-order valence-corrected chi connectivity index (χ0v) is 10.3. The second-order valence-corrected chi connectivity index (χ2v) is 4.44. The minimum atomic E-state index is -0.354. The molecule has 0 spiro atoms. The van der Waals surface area contributed by atoms with Gasteiger partial charge in [-0.3, -0.25) is 9.89 Å². The first-order valence-electron chi connectivity index (χ1n) is 4.92. The number of aromatic nitrogens is 3. The highest BCUT2D eigenvalue weighted by atomic mass is 79.9. The maximum atomic E-state index is 11.3. The Bertz CT molecular complexity index is 537. The number of rotatable bonds is 3. The molecule has 1 atom stereocenters. The second-order valence-electron chi connectivity index (χ2n) is 3.53. The van der Waals surface area contributed by atoms with E-state index in [0.29, 0.717) is 12.1 Å². The fraction of sp³-hybridized carbons (Fsp3) is 0.300. The fourth-order valence-corrected chi connectivity index (χ4v) is 2.04. The van der Waals surface area contributed by atoms with Crippen LogP contribution in [0.25, 0.3) is 11.0 Å². The first kappa shape index (κ1) is 11.1. The van der Waals surface area contributed by atoms with Crippen LogP contribution in [0.1, 0.15) is 25.0 Å². The van der Waals surface area contributed by atoms with Gasteiger partial charge in [0.05, 0.1) is 11.6 Å². The Morgan fingerprint density at radius 3 is 3.06 bits per heavy atom. The Hall–Kier alpha value is -1.43. The number of halogens is 1. The fourth-order valence-electron chi connectivity index (χ4n) is 1.71. The van der Waals surface area contributed by atoms with Crippen molar-refractivity contribution in [3.63, 3.8) is 0 Å². The third-order valence-electron chi connectivity index (χ3n) is 2.51. The molecule has 2 aromatic heterocycles. The van der Waals surface area contributed by atoms with Crippen molar-refractivity contribution in [1.82, 2.24) is 15.2 Å². The molecule has 0 aliphatic carbocycles. The molecule has 0 aromatic carbocycles. The molecule has 0 bridgehead atoms. The van der Waals surface area contributed by atoms with Gasteiger partial charge in [-0.05, 0) is 28.4 Å². The van der Waals surface area contributed by atoms with Crippen molar-refractivity contribution < 1.29 is 4.79 Å². The lowest BCUT2D eigenvalue weighted by Crippen LogP contribution is -2.21. The van der Waals surface area contributed by atoms with E-state index in [1.54, 1.807) is 6.20 Å². The average Bonchev–Trinajstić information content (AvgIpc) is 2.62. The van der Waals surface area contributed by atoms with E-state index in [1.807, 2.05) is 13.0 Å². The molecule has 2 aromatic rings. The van der Waals surface area contributed by atoms with Gasteiger partial charge in [-0.2, -0.15) is 5.10 Å². The molecular formula is C10H11BrN4O. The highest BCUT2D eigenvalue weighted by molar-refractivity contribution is 9.10. The smallest absolute Gasteiger partial charge is 0.226 e. The van der Waals surface area contributed by atoms with E-state index >= 15 is 0 Å². The van der Waals surface area contributed by atoms with Crippen LogP contribution in [0.2, 0.25) is 0 Å². The van der Waals surface area contributed by atoms with Gasteiger partial charge < -0.3 is 5.73 Å². The summed E-state index contributed by atoms with van der Waals surface area (Å²) in [7, 11) is 0. The Kier molecular flexibility index (Phi) is 2.91. The molecule has 0 aliphatic heterocycles. The maximum Gasteiger partial charge on any atom is 0.226 e. The van der Waals surface area contributed by atoms with Crippen molar-refractivity contribution in [2.75, 3.05) is 0 Å². The van der Waals surface area contributed by atoms with Crippen LogP contribution in [0.15, 0.2) is 16.7 Å². The average molecular weight is 283 g/mol. The number of pyridine rings is 1. The van der Waals surface area contributed by atoms with Gasteiger partial charge in [-0.15, -0.1) is 0 Å². The number of carbonyl (C=O) groups excluding carboxylic acids is 1. The SMILES string of the molecule is CCC(C(N)=O)c1[nH]nc2ncc(Br)cc12. The normalized spacial score (nSPS) is 12.9. The van der Waals surface area contributed by atoms with E-state index < -0.39 is 0 Å². The molecule has 1 amide bonds. The first-order valence-corrected chi connectivity index (χ1v) is 5.71. The van der Waals surface area contributed by atoms with E-state index in [2.05, 4.69) is 31.1 Å². The van der Waals surface area contributed by atoms with E-state index in [9.17, 15) is 4.79 Å². The zero-order valence-electron chi connectivity index (χ0n) is 8.70. The molecule has 2 heterocycles. The molecule has 0 radical (unpaired) electrons. The van der Waals surface area contributed by atoms with Gasteiger partial charge in [0.1, 0.15) is 0 Å². The Morgan fingerprint density at radius 2 is 2.44 bits per heavy atom. The van der Waals surface area contributed by atoms with Gasteiger partial charge in [-0.25, -0.2) is 4.98 Å². The summed E-state index contributed by atoms with van der Waals surface area (Å²) in [5, 5.41) is 7.72. The third-order valence-corrected chi connectivity index (χ3v) is 2.94. The van der Waals surface area contributed by atoms with Crippen LogP contribution in [-0.4, -0.2) is 21.1 Å². The monoisotopic (exact) mass is 282 g/mol. The van der Waals surface area contributed by atoms with Crippen molar-refractivity contribution in [3.8, 4) is 0 Å². The minimum Gasteiger partial charge on any atom is -0.369 e. The Labute approximate surface area is 101 Å².